The molecule has 31 heavy (non-hydrogen) atoms. The van der Waals surface area contributed by atoms with E-state index in [1.165, 1.54) is 6.08 Å². The molecule has 0 bridgehead atoms. The Hall–Kier alpha value is -2.77. The maximum absolute atomic E-state index is 12.6. The van der Waals surface area contributed by atoms with Gasteiger partial charge in [-0.3, -0.25) is 9.59 Å². The second-order valence-electron chi connectivity index (χ2n) is 7.88. The zero-order chi connectivity index (χ0) is 23.2. The molecule has 166 valence electrons. The monoisotopic (exact) mass is 443 g/mol. The van der Waals surface area contributed by atoms with Crippen molar-refractivity contribution in [3.05, 3.63) is 75.7 Å². The van der Waals surface area contributed by atoms with Crippen molar-refractivity contribution in [1.82, 2.24) is 4.72 Å². The van der Waals surface area contributed by atoms with Crippen LogP contribution < -0.4 is 4.72 Å². The number of nitrogens with one attached hydrogen (secondary N) is 1. The van der Waals surface area contributed by atoms with Gasteiger partial charge in [0, 0.05) is 11.0 Å². The number of benzene rings is 2. The van der Waals surface area contributed by atoms with Crippen molar-refractivity contribution in [3.63, 3.8) is 0 Å². The van der Waals surface area contributed by atoms with Crippen molar-refractivity contribution < 1.29 is 22.7 Å². The Morgan fingerprint density at radius 2 is 1.61 bits per heavy atom. The summed E-state index contributed by atoms with van der Waals surface area (Å²) >= 11 is 0. The molecule has 6 nitrogen and oxygen atoms in total. The lowest BCUT2D eigenvalue weighted by Gasteiger charge is -2.20. The Bertz CT molecular complexity index is 1070. The minimum Gasteiger partial charge on any atom is -0.456 e. The molecule has 2 rings (SSSR count). The summed E-state index contributed by atoms with van der Waals surface area (Å²) in [5.74, 6) is -1.49. The molecule has 0 saturated carbocycles. The van der Waals surface area contributed by atoms with Crippen molar-refractivity contribution in [2.75, 3.05) is 6.61 Å². The predicted octanol–water partition coefficient (Wildman–Crippen LogP) is 3.95. The second-order valence-corrected chi connectivity index (χ2v) is 9.48. The van der Waals surface area contributed by atoms with Crippen LogP contribution in [0.1, 0.15) is 46.5 Å². The SMILES string of the molecule is Cc1cc(C)c(C(=O)COC(=O)[C@@H](NS(=O)(=O)C=Cc2ccccc2)C(C)C)cc1C. The lowest BCUT2D eigenvalue weighted by atomic mass is 9.98. The Morgan fingerprint density at radius 1 is 1.00 bits per heavy atom. The number of sulfonamides is 1. The largest absolute Gasteiger partial charge is 0.456 e. The number of ketones is 1. The molecule has 0 aliphatic rings. The van der Waals surface area contributed by atoms with Crippen LogP contribution in [-0.4, -0.2) is 32.8 Å². The third-order valence-electron chi connectivity index (χ3n) is 4.94. The Kier molecular flexibility index (Phi) is 8.30. The van der Waals surface area contributed by atoms with Gasteiger partial charge >= 0.3 is 5.97 Å². The Balaban J connectivity index is 2.06. The first-order valence-corrected chi connectivity index (χ1v) is 11.6. The number of carbonyl (C=O) groups is 2. The highest BCUT2D eigenvalue weighted by Crippen LogP contribution is 2.16. The van der Waals surface area contributed by atoms with Crippen LogP contribution >= 0.6 is 0 Å². The summed E-state index contributed by atoms with van der Waals surface area (Å²) in [5, 5.41) is 1.01. The average Bonchev–Trinajstić information content (AvgIpc) is 2.72. The summed E-state index contributed by atoms with van der Waals surface area (Å²) in [4.78, 5) is 25.1. The first kappa shape index (κ1) is 24.5. The van der Waals surface area contributed by atoms with Crippen LogP contribution in [0.3, 0.4) is 0 Å². The molecule has 1 N–H and O–H groups in total. The highest BCUT2D eigenvalue weighted by atomic mass is 32.2. The van der Waals surface area contributed by atoms with Crippen LogP contribution in [0.5, 0.6) is 0 Å². The van der Waals surface area contributed by atoms with E-state index in [0.29, 0.717) is 11.1 Å². The lowest BCUT2D eigenvalue weighted by Crippen LogP contribution is -2.45. The number of aryl methyl sites for hydroxylation is 3. The van der Waals surface area contributed by atoms with Crippen LogP contribution in [0.4, 0.5) is 0 Å². The third-order valence-corrected chi connectivity index (χ3v) is 6.01. The van der Waals surface area contributed by atoms with Crippen molar-refractivity contribution in [2.24, 2.45) is 5.92 Å². The number of carbonyl (C=O) groups excluding carboxylic acids is 2. The van der Waals surface area contributed by atoms with Gasteiger partial charge in [-0.25, -0.2) is 8.42 Å². The van der Waals surface area contributed by atoms with Crippen LogP contribution in [-0.2, 0) is 19.6 Å². The van der Waals surface area contributed by atoms with Crippen LogP contribution in [0.25, 0.3) is 6.08 Å². The number of hydrogen-bond donors (Lipinski definition) is 1. The first-order chi connectivity index (χ1) is 14.5. The number of ether oxygens (including phenoxy) is 1. The molecular weight excluding hydrogens is 414 g/mol. The molecule has 0 radical (unpaired) electrons. The van der Waals surface area contributed by atoms with E-state index in [1.807, 2.05) is 32.9 Å². The molecule has 0 heterocycles. The number of Topliss-reactive ketones (excluding diaryl/α,β-unsaturated/α-hetero) is 1. The quantitative estimate of drug-likeness (QED) is 0.468. The first-order valence-electron chi connectivity index (χ1n) is 10.0. The van der Waals surface area contributed by atoms with E-state index in [0.717, 1.165) is 22.1 Å². The van der Waals surface area contributed by atoms with Gasteiger partial charge in [0.2, 0.25) is 15.8 Å². The van der Waals surface area contributed by atoms with Crippen molar-refractivity contribution in [1.29, 1.82) is 0 Å². The zero-order valence-electron chi connectivity index (χ0n) is 18.5. The Morgan fingerprint density at radius 3 is 2.23 bits per heavy atom. The molecule has 0 amide bonds. The molecule has 0 aliphatic carbocycles. The fourth-order valence-corrected chi connectivity index (χ4v) is 4.11. The van der Waals surface area contributed by atoms with Gasteiger partial charge in [-0.15, -0.1) is 0 Å². The molecule has 0 spiro atoms. The van der Waals surface area contributed by atoms with Crippen molar-refractivity contribution in [2.45, 2.75) is 40.7 Å². The van der Waals surface area contributed by atoms with Gasteiger partial charge in [0.1, 0.15) is 6.04 Å². The van der Waals surface area contributed by atoms with Gasteiger partial charge in [0.15, 0.2) is 6.61 Å². The summed E-state index contributed by atoms with van der Waals surface area (Å²) < 4.78 is 32.4. The third kappa shape index (κ3) is 7.15. The zero-order valence-corrected chi connectivity index (χ0v) is 19.3. The summed E-state index contributed by atoms with van der Waals surface area (Å²) in [5.41, 5.74) is 4.05. The summed E-state index contributed by atoms with van der Waals surface area (Å²) in [6, 6.07) is 11.5. The van der Waals surface area contributed by atoms with E-state index in [9.17, 15) is 18.0 Å². The number of rotatable bonds is 9. The van der Waals surface area contributed by atoms with Gasteiger partial charge in [0.05, 0.1) is 0 Å². The molecule has 0 aliphatic heterocycles. The molecule has 2 aromatic carbocycles. The fraction of sp³-hybridized carbons (Fsp3) is 0.333. The molecule has 2 aromatic rings. The van der Waals surface area contributed by atoms with Crippen molar-refractivity contribution >= 4 is 27.9 Å². The Labute approximate surface area is 184 Å². The standard InChI is InChI=1S/C24H29NO5S/c1-16(2)23(25-31(28,29)12-11-20-9-7-6-8-10-20)24(27)30-15-22(26)21-14-18(4)17(3)13-19(21)5/h6-14,16,23,25H,15H2,1-5H3/t23-/m0/s1. The van der Waals surface area contributed by atoms with E-state index in [-0.39, 0.29) is 11.7 Å². The molecule has 7 heteroatoms. The summed E-state index contributed by atoms with van der Waals surface area (Å²) in [6.07, 6.45) is 1.44. The van der Waals surface area contributed by atoms with E-state index in [1.54, 1.807) is 44.2 Å². The molecule has 0 saturated heterocycles. The van der Waals surface area contributed by atoms with E-state index >= 15 is 0 Å². The van der Waals surface area contributed by atoms with Gasteiger partial charge in [0.25, 0.3) is 0 Å². The predicted molar refractivity (Wildman–Crippen MR) is 122 cm³/mol. The van der Waals surface area contributed by atoms with Crippen LogP contribution in [0.2, 0.25) is 0 Å². The minimum atomic E-state index is -3.89. The molecule has 0 fully saturated rings. The topological polar surface area (TPSA) is 89.5 Å². The molecule has 0 aromatic heterocycles. The van der Waals surface area contributed by atoms with Crippen LogP contribution in [0, 0.1) is 26.7 Å². The van der Waals surface area contributed by atoms with Crippen LogP contribution in [0.15, 0.2) is 47.9 Å². The molecule has 1 atom stereocenters. The number of esters is 1. The average molecular weight is 444 g/mol. The van der Waals surface area contributed by atoms with Gasteiger partial charge in [-0.05, 0) is 61.1 Å². The smallest absolute Gasteiger partial charge is 0.324 e. The lowest BCUT2D eigenvalue weighted by molar-refractivity contribution is -0.145. The highest BCUT2D eigenvalue weighted by Gasteiger charge is 2.28. The maximum Gasteiger partial charge on any atom is 0.324 e. The summed E-state index contributed by atoms with van der Waals surface area (Å²) in [6.45, 7) is 8.64. The summed E-state index contributed by atoms with van der Waals surface area (Å²) in [7, 11) is -3.89. The van der Waals surface area contributed by atoms with Gasteiger partial charge < -0.3 is 4.74 Å². The van der Waals surface area contributed by atoms with Gasteiger partial charge in [-0.1, -0.05) is 50.2 Å². The van der Waals surface area contributed by atoms with E-state index < -0.39 is 28.6 Å². The van der Waals surface area contributed by atoms with Gasteiger partial charge in [-0.2, -0.15) is 4.72 Å². The highest BCUT2D eigenvalue weighted by molar-refractivity contribution is 7.92. The normalized spacial score (nSPS) is 12.8. The fourth-order valence-electron chi connectivity index (χ4n) is 2.97. The second kappa shape index (κ2) is 10.5. The molecule has 0 unspecified atom stereocenters. The minimum absolute atomic E-state index is 0.330. The van der Waals surface area contributed by atoms with E-state index in [2.05, 4.69) is 4.72 Å². The molecular formula is C24H29NO5S. The maximum atomic E-state index is 12.6. The van der Waals surface area contributed by atoms with Crippen molar-refractivity contribution in [3.8, 4) is 0 Å². The van der Waals surface area contributed by atoms with E-state index in [4.69, 9.17) is 4.74 Å². The number of hydrogen-bond acceptors (Lipinski definition) is 5.